The first-order valence-electron chi connectivity index (χ1n) is 6.40. The summed E-state index contributed by atoms with van der Waals surface area (Å²) in [6.45, 7) is 11.7. The number of nitrogens with one attached hydrogen (secondary N) is 1. The van der Waals surface area contributed by atoms with E-state index in [9.17, 15) is 0 Å². The van der Waals surface area contributed by atoms with Crippen molar-refractivity contribution < 1.29 is 0 Å². The minimum absolute atomic E-state index is 0.742. The van der Waals surface area contributed by atoms with Crippen molar-refractivity contribution in [3.05, 3.63) is 0 Å². The topological polar surface area (TPSA) is 18.5 Å². The second-order valence-corrected chi connectivity index (χ2v) is 4.58. The Morgan fingerprint density at radius 2 is 2.07 bits per heavy atom. The van der Waals surface area contributed by atoms with Crippen LogP contribution in [0.25, 0.3) is 0 Å². The first-order chi connectivity index (χ1) is 7.26. The molecule has 0 aromatic carbocycles. The van der Waals surface area contributed by atoms with Crippen molar-refractivity contribution >= 4 is 0 Å². The first kappa shape index (κ1) is 12.9. The van der Waals surface area contributed by atoms with Gasteiger partial charge in [0.1, 0.15) is 0 Å². The van der Waals surface area contributed by atoms with E-state index >= 15 is 0 Å². The van der Waals surface area contributed by atoms with Gasteiger partial charge in [0.05, 0.1) is 0 Å². The number of likely N-dealkylation sites (tertiary alicyclic amines) is 1. The highest BCUT2D eigenvalue weighted by Crippen LogP contribution is 2.05. The van der Waals surface area contributed by atoms with Crippen LogP contribution in [0.15, 0.2) is 0 Å². The van der Waals surface area contributed by atoms with E-state index < -0.39 is 0 Å². The monoisotopic (exact) mass is 213 g/mol. The highest BCUT2D eigenvalue weighted by molar-refractivity contribution is 4.78. The molecule has 1 saturated heterocycles. The van der Waals surface area contributed by atoms with Gasteiger partial charge in [-0.1, -0.05) is 13.8 Å². The first-order valence-corrected chi connectivity index (χ1v) is 6.40. The molecule has 1 N–H and O–H groups in total. The second-order valence-electron chi connectivity index (χ2n) is 4.58. The van der Waals surface area contributed by atoms with Crippen LogP contribution in [0, 0.1) is 0 Å². The van der Waals surface area contributed by atoms with E-state index in [1.54, 1.807) is 0 Å². The summed E-state index contributed by atoms with van der Waals surface area (Å²) in [5.74, 6) is 0. The van der Waals surface area contributed by atoms with Crippen LogP contribution in [-0.2, 0) is 0 Å². The third-order valence-electron chi connectivity index (χ3n) is 3.37. The molecule has 1 atom stereocenters. The molecule has 1 fully saturated rings. The van der Waals surface area contributed by atoms with Crippen LogP contribution in [0.2, 0.25) is 0 Å². The third-order valence-corrected chi connectivity index (χ3v) is 3.37. The molecule has 1 aliphatic rings. The normalized spacial score (nSPS) is 22.8. The Kier molecular flexibility index (Phi) is 6.22. The molecule has 1 heterocycles. The van der Waals surface area contributed by atoms with Gasteiger partial charge in [-0.15, -0.1) is 0 Å². The summed E-state index contributed by atoms with van der Waals surface area (Å²) < 4.78 is 0. The molecule has 0 aromatic heterocycles. The molecule has 1 unspecified atom stereocenters. The molecule has 1 rings (SSSR count). The Morgan fingerprint density at radius 3 is 2.60 bits per heavy atom. The number of likely N-dealkylation sites (N-methyl/N-ethyl adjacent to an activating group) is 1. The van der Waals surface area contributed by atoms with Gasteiger partial charge in [0.25, 0.3) is 0 Å². The maximum absolute atomic E-state index is 3.65. The van der Waals surface area contributed by atoms with E-state index in [-0.39, 0.29) is 0 Å². The third kappa shape index (κ3) is 4.96. The molecule has 15 heavy (non-hydrogen) atoms. The largest absolute Gasteiger partial charge is 0.313 e. The molecule has 0 spiro atoms. The van der Waals surface area contributed by atoms with Gasteiger partial charge in [-0.25, -0.2) is 0 Å². The van der Waals surface area contributed by atoms with Crippen molar-refractivity contribution in [1.82, 2.24) is 15.1 Å². The molecule has 90 valence electrons. The summed E-state index contributed by atoms with van der Waals surface area (Å²) in [6.07, 6.45) is 2.60. The van der Waals surface area contributed by atoms with Crippen LogP contribution >= 0.6 is 0 Å². The number of hydrogen-bond acceptors (Lipinski definition) is 3. The van der Waals surface area contributed by atoms with Crippen LogP contribution in [0.4, 0.5) is 0 Å². The van der Waals surface area contributed by atoms with E-state index in [0.29, 0.717) is 0 Å². The standard InChI is InChI=1S/C12H27N3/c1-4-15(5-2)9-6-8-13-12-7-10-14(3)11-12/h12-13H,4-11H2,1-3H3. The van der Waals surface area contributed by atoms with Gasteiger partial charge >= 0.3 is 0 Å². The van der Waals surface area contributed by atoms with Gasteiger partial charge in [-0.05, 0) is 52.6 Å². The van der Waals surface area contributed by atoms with Crippen LogP contribution in [0.1, 0.15) is 26.7 Å². The number of hydrogen-bond donors (Lipinski definition) is 1. The molecule has 0 radical (unpaired) electrons. The van der Waals surface area contributed by atoms with Crippen LogP contribution in [0.3, 0.4) is 0 Å². The molecule has 0 saturated carbocycles. The summed E-state index contributed by atoms with van der Waals surface area (Å²) in [4.78, 5) is 4.89. The lowest BCUT2D eigenvalue weighted by atomic mass is 10.2. The fourth-order valence-corrected chi connectivity index (χ4v) is 2.25. The predicted octanol–water partition coefficient (Wildman–Crippen LogP) is 1.01. The number of rotatable bonds is 7. The van der Waals surface area contributed by atoms with Crippen molar-refractivity contribution in [1.29, 1.82) is 0 Å². The van der Waals surface area contributed by atoms with Crippen molar-refractivity contribution in [2.75, 3.05) is 46.3 Å². The van der Waals surface area contributed by atoms with Gasteiger partial charge in [0.15, 0.2) is 0 Å². The maximum Gasteiger partial charge on any atom is 0.0207 e. The van der Waals surface area contributed by atoms with Crippen LogP contribution in [0.5, 0.6) is 0 Å². The Balaban J connectivity index is 1.97. The average molecular weight is 213 g/mol. The minimum atomic E-state index is 0.742. The smallest absolute Gasteiger partial charge is 0.0207 e. The highest BCUT2D eigenvalue weighted by atomic mass is 15.2. The lowest BCUT2D eigenvalue weighted by Gasteiger charge is -2.19. The molecular weight excluding hydrogens is 186 g/mol. The molecule has 0 bridgehead atoms. The summed E-state index contributed by atoms with van der Waals surface area (Å²) in [5, 5.41) is 3.65. The zero-order valence-corrected chi connectivity index (χ0v) is 10.6. The van der Waals surface area contributed by atoms with E-state index in [2.05, 4.69) is 36.0 Å². The number of nitrogens with zero attached hydrogens (tertiary/aromatic N) is 2. The second kappa shape index (κ2) is 7.20. The Bertz CT molecular complexity index is 157. The van der Waals surface area contributed by atoms with Gasteiger partial charge in [-0.3, -0.25) is 0 Å². The molecule has 0 amide bonds. The van der Waals surface area contributed by atoms with Crippen LogP contribution in [-0.4, -0.2) is 62.2 Å². The zero-order chi connectivity index (χ0) is 11.1. The fourth-order valence-electron chi connectivity index (χ4n) is 2.25. The molecular formula is C12H27N3. The lowest BCUT2D eigenvalue weighted by Crippen LogP contribution is -2.34. The Labute approximate surface area is 94.8 Å². The van der Waals surface area contributed by atoms with Gasteiger partial charge in [-0.2, -0.15) is 0 Å². The SMILES string of the molecule is CCN(CC)CCCNC1CCN(C)C1. The van der Waals surface area contributed by atoms with E-state index in [1.807, 2.05) is 0 Å². The average Bonchev–Trinajstić information content (AvgIpc) is 2.65. The Morgan fingerprint density at radius 1 is 1.33 bits per heavy atom. The van der Waals surface area contributed by atoms with Crippen molar-refractivity contribution in [2.24, 2.45) is 0 Å². The summed E-state index contributed by atoms with van der Waals surface area (Å²) in [7, 11) is 2.21. The summed E-state index contributed by atoms with van der Waals surface area (Å²) in [5.41, 5.74) is 0. The molecule has 3 nitrogen and oxygen atoms in total. The Hall–Kier alpha value is -0.120. The fraction of sp³-hybridized carbons (Fsp3) is 1.00. The lowest BCUT2D eigenvalue weighted by molar-refractivity contribution is 0.295. The molecule has 1 aliphatic heterocycles. The van der Waals surface area contributed by atoms with Crippen molar-refractivity contribution in [2.45, 2.75) is 32.7 Å². The van der Waals surface area contributed by atoms with Crippen molar-refractivity contribution in [3.8, 4) is 0 Å². The van der Waals surface area contributed by atoms with E-state index in [0.717, 1.165) is 6.04 Å². The summed E-state index contributed by atoms with van der Waals surface area (Å²) in [6, 6.07) is 0.742. The van der Waals surface area contributed by atoms with Crippen molar-refractivity contribution in [3.63, 3.8) is 0 Å². The quantitative estimate of drug-likeness (QED) is 0.637. The van der Waals surface area contributed by atoms with Crippen LogP contribution < -0.4 is 5.32 Å². The highest BCUT2D eigenvalue weighted by Gasteiger charge is 2.17. The minimum Gasteiger partial charge on any atom is -0.313 e. The van der Waals surface area contributed by atoms with Gasteiger partial charge in [0.2, 0.25) is 0 Å². The predicted molar refractivity (Wildman–Crippen MR) is 66.3 cm³/mol. The zero-order valence-electron chi connectivity index (χ0n) is 10.6. The van der Waals surface area contributed by atoms with E-state index in [1.165, 1.54) is 52.1 Å². The van der Waals surface area contributed by atoms with Gasteiger partial charge in [0, 0.05) is 12.6 Å². The maximum atomic E-state index is 3.65. The summed E-state index contributed by atoms with van der Waals surface area (Å²) >= 11 is 0. The van der Waals surface area contributed by atoms with E-state index in [4.69, 9.17) is 0 Å². The molecule has 0 aliphatic carbocycles. The molecule has 3 heteroatoms. The molecule has 0 aromatic rings. The van der Waals surface area contributed by atoms with Gasteiger partial charge < -0.3 is 15.1 Å².